The number of nitrogens with zero attached hydrogens (tertiary/aromatic N) is 1. The Hall–Kier alpha value is -1.07. The minimum atomic E-state index is -0.590. The van der Waals surface area contributed by atoms with Gasteiger partial charge in [-0.25, -0.2) is 0 Å². The summed E-state index contributed by atoms with van der Waals surface area (Å²) in [5.74, 6) is 0.761. The van der Waals surface area contributed by atoms with Crippen molar-refractivity contribution in [1.82, 2.24) is 10.3 Å². The third-order valence-corrected chi connectivity index (χ3v) is 4.03. The molecule has 1 rings (SSSR count). The molecule has 18 heavy (non-hydrogen) atoms. The third-order valence-electron chi connectivity index (χ3n) is 2.93. The fraction of sp³-hybridized carbons (Fsp3) is 0.538. The smallest absolute Gasteiger partial charge is 0.325 e. The molecular weight excluding hydrogens is 248 g/mol. The van der Waals surface area contributed by atoms with Gasteiger partial charge in [0.1, 0.15) is 5.54 Å². The van der Waals surface area contributed by atoms with Crippen LogP contribution in [0.1, 0.15) is 19.8 Å². The van der Waals surface area contributed by atoms with Crippen LogP contribution in [0.15, 0.2) is 29.4 Å². The molecule has 0 saturated carbocycles. The van der Waals surface area contributed by atoms with Crippen molar-refractivity contribution >= 4 is 17.7 Å². The summed E-state index contributed by atoms with van der Waals surface area (Å²) in [5.41, 5.74) is -0.590. The summed E-state index contributed by atoms with van der Waals surface area (Å²) in [5, 5.41) is 3.03. The van der Waals surface area contributed by atoms with Crippen LogP contribution in [0.25, 0.3) is 0 Å². The van der Waals surface area contributed by atoms with Gasteiger partial charge in [0, 0.05) is 17.3 Å². The molecule has 0 saturated heterocycles. The highest BCUT2D eigenvalue weighted by atomic mass is 32.2. The van der Waals surface area contributed by atoms with Crippen molar-refractivity contribution < 1.29 is 9.53 Å². The molecule has 0 spiro atoms. The summed E-state index contributed by atoms with van der Waals surface area (Å²) in [6.45, 7) is 1.87. The van der Waals surface area contributed by atoms with Crippen molar-refractivity contribution in [3.63, 3.8) is 0 Å². The number of esters is 1. The normalized spacial score (nSPS) is 13.9. The van der Waals surface area contributed by atoms with E-state index in [1.807, 2.05) is 19.1 Å². The highest BCUT2D eigenvalue weighted by Crippen LogP contribution is 2.21. The largest absolute Gasteiger partial charge is 0.468 e. The fourth-order valence-corrected chi connectivity index (χ4v) is 2.44. The quantitative estimate of drug-likeness (QED) is 0.466. The van der Waals surface area contributed by atoms with Crippen LogP contribution < -0.4 is 5.32 Å². The lowest BCUT2D eigenvalue weighted by Crippen LogP contribution is -2.48. The molecule has 1 aromatic rings. The Morgan fingerprint density at radius 1 is 1.50 bits per heavy atom. The van der Waals surface area contributed by atoms with Crippen molar-refractivity contribution in [2.24, 2.45) is 0 Å². The predicted molar refractivity (Wildman–Crippen MR) is 73.7 cm³/mol. The van der Waals surface area contributed by atoms with E-state index < -0.39 is 5.54 Å². The second-order valence-electron chi connectivity index (χ2n) is 4.21. The van der Waals surface area contributed by atoms with Crippen molar-refractivity contribution in [3.8, 4) is 0 Å². The number of nitrogens with one attached hydrogen (secondary N) is 1. The van der Waals surface area contributed by atoms with Gasteiger partial charge in [0.2, 0.25) is 0 Å². The van der Waals surface area contributed by atoms with Gasteiger partial charge in [0.15, 0.2) is 0 Å². The molecule has 0 aliphatic carbocycles. The van der Waals surface area contributed by atoms with Gasteiger partial charge >= 0.3 is 5.97 Å². The Labute approximate surface area is 113 Å². The van der Waals surface area contributed by atoms with Crippen molar-refractivity contribution in [2.45, 2.75) is 30.2 Å². The first kappa shape index (κ1) is 15.0. The summed E-state index contributed by atoms with van der Waals surface area (Å²) in [6.07, 6.45) is 5.27. The van der Waals surface area contributed by atoms with E-state index in [0.29, 0.717) is 0 Å². The molecule has 1 aromatic heterocycles. The van der Waals surface area contributed by atoms with Crippen LogP contribution in [-0.2, 0) is 9.53 Å². The van der Waals surface area contributed by atoms with E-state index in [1.54, 1.807) is 31.2 Å². The van der Waals surface area contributed by atoms with Crippen LogP contribution in [-0.4, -0.2) is 36.4 Å². The SMILES string of the molecule is CNC(C)(CCCSc1ccncc1)C(=O)OC. The highest BCUT2D eigenvalue weighted by Gasteiger charge is 2.31. The van der Waals surface area contributed by atoms with Gasteiger partial charge in [-0.05, 0) is 44.7 Å². The first-order valence-corrected chi connectivity index (χ1v) is 6.91. The lowest BCUT2D eigenvalue weighted by molar-refractivity contribution is -0.148. The number of aromatic nitrogens is 1. The van der Waals surface area contributed by atoms with Crippen LogP contribution in [0.2, 0.25) is 0 Å². The van der Waals surface area contributed by atoms with Gasteiger partial charge in [0.25, 0.3) is 0 Å². The number of carbonyl (C=O) groups is 1. The van der Waals surface area contributed by atoms with Crippen LogP contribution in [0.4, 0.5) is 0 Å². The molecule has 0 radical (unpaired) electrons. The molecule has 1 heterocycles. The molecule has 4 nitrogen and oxygen atoms in total. The molecule has 1 N–H and O–H groups in total. The number of hydrogen-bond donors (Lipinski definition) is 1. The molecule has 0 aromatic carbocycles. The second-order valence-corrected chi connectivity index (χ2v) is 5.38. The van der Waals surface area contributed by atoms with E-state index >= 15 is 0 Å². The van der Waals surface area contributed by atoms with Gasteiger partial charge in [0.05, 0.1) is 7.11 Å². The first-order chi connectivity index (χ1) is 8.62. The summed E-state index contributed by atoms with van der Waals surface area (Å²) in [7, 11) is 3.20. The topological polar surface area (TPSA) is 51.2 Å². The maximum Gasteiger partial charge on any atom is 0.325 e. The van der Waals surface area contributed by atoms with Gasteiger partial charge in [-0.1, -0.05) is 0 Å². The van der Waals surface area contributed by atoms with E-state index in [0.717, 1.165) is 18.6 Å². The van der Waals surface area contributed by atoms with Crippen molar-refractivity contribution in [2.75, 3.05) is 19.9 Å². The van der Waals surface area contributed by atoms with Gasteiger partial charge in [-0.2, -0.15) is 0 Å². The lowest BCUT2D eigenvalue weighted by atomic mass is 9.97. The summed E-state index contributed by atoms with van der Waals surface area (Å²) in [6, 6.07) is 3.98. The Morgan fingerprint density at radius 3 is 2.72 bits per heavy atom. The number of hydrogen-bond acceptors (Lipinski definition) is 5. The molecular formula is C13H20N2O2S. The average Bonchev–Trinajstić information content (AvgIpc) is 2.43. The highest BCUT2D eigenvalue weighted by molar-refractivity contribution is 7.99. The molecule has 0 aliphatic heterocycles. The zero-order valence-electron chi connectivity index (χ0n) is 11.1. The summed E-state index contributed by atoms with van der Waals surface area (Å²) >= 11 is 1.77. The van der Waals surface area contributed by atoms with Crippen LogP contribution in [0.5, 0.6) is 0 Å². The molecule has 1 unspecified atom stereocenters. The number of pyridine rings is 1. The van der Waals surface area contributed by atoms with E-state index in [9.17, 15) is 4.79 Å². The molecule has 0 amide bonds. The lowest BCUT2D eigenvalue weighted by Gasteiger charge is -2.25. The molecule has 0 fully saturated rings. The third kappa shape index (κ3) is 4.31. The fourth-order valence-electron chi connectivity index (χ4n) is 1.60. The number of ether oxygens (including phenoxy) is 1. The number of likely N-dealkylation sites (N-methyl/N-ethyl adjacent to an activating group) is 1. The molecule has 0 bridgehead atoms. The minimum absolute atomic E-state index is 0.209. The van der Waals surface area contributed by atoms with Crippen LogP contribution in [0, 0.1) is 0 Å². The first-order valence-electron chi connectivity index (χ1n) is 5.92. The van der Waals surface area contributed by atoms with E-state index in [2.05, 4.69) is 10.3 Å². The summed E-state index contributed by atoms with van der Waals surface area (Å²) < 4.78 is 4.81. The summed E-state index contributed by atoms with van der Waals surface area (Å²) in [4.78, 5) is 16.8. The van der Waals surface area contributed by atoms with E-state index in [1.165, 1.54) is 12.0 Å². The zero-order valence-corrected chi connectivity index (χ0v) is 11.9. The number of carbonyl (C=O) groups excluding carboxylic acids is 1. The molecule has 0 aliphatic rings. The van der Waals surface area contributed by atoms with Gasteiger partial charge in [-0.3, -0.25) is 9.78 Å². The number of rotatable bonds is 7. The molecule has 5 heteroatoms. The van der Waals surface area contributed by atoms with E-state index in [-0.39, 0.29) is 5.97 Å². The molecule has 100 valence electrons. The monoisotopic (exact) mass is 268 g/mol. The Bertz CT molecular complexity index is 373. The Balaban J connectivity index is 2.34. The minimum Gasteiger partial charge on any atom is -0.468 e. The average molecular weight is 268 g/mol. The van der Waals surface area contributed by atoms with Gasteiger partial charge < -0.3 is 10.1 Å². The van der Waals surface area contributed by atoms with Crippen molar-refractivity contribution in [3.05, 3.63) is 24.5 Å². The second kappa shape index (κ2) is 7.38. The molecule has 1 atom stereocenters. The van der Waals surface area contributed by atoms with E-state index in [4.69, 9.17) is 4.74 Å². The van der Waals surface area contributed by atoms with Crippen molar-refractivity contribution in [1.29, 1.82) is 0 Å². The van der Waals surface area contributed by atoms with Gasteiger partial charge in [-0.15, -0.1) is 11.8 Å². The Kier molecular flexibility index (Phi) is 6.15. The Morgan fingerprint density at radius 2 is 2.17 bits per heavy atom. The number of methoxy groups -OCH3 is 1. The maximum absolute atomic E-state index is 11.6. The van der Waals surface area contributed by atoms with Crippen LogP contribution in [0.3, 0.4) is 0 Å². The zero-order chi connectivity index (χ0) is 13.4. The maximum atomic E-state index is 11.6. The predicted octanol–water partition coefficient (Wildman–Crippen LogP) is 2.10. The number of thioether (sulfide) groups is 1. The standard InChI is InChI=1S/C13H20N2O2S/c1-13(14-2,12(16)17-3)7-4-10-18-11-5-8-15-9-6-11/h5-6,8-9,14H,4,7,10H2,1-3H3. The van der Waals surface area contributed by atoms with Crippen LogP contribution >= 0.6 is 11.8 Å².